The quantitative estimate of drug-likeness (QED) is 0.858. The minimum Gasteiger partial charge on any atom is -0.496 e. The third-order valence-corrected chi connectivity index (χ3v) is 3.16. The van der Waals surface area contributed by atoms with Crippen LogP contribution < -0.4 is 10.1 Å². The molecule has 0 aliphatic heterocycles. The average molecular weight is 285 g/mol. The summed E-state index contributed by atoms with van der Waals surface area (Å²) in [5.74, 6) is 0.346. The number of rotatable bonds is 6. The van der Waals surface area contributed by atoms with Gasteiger partial charge in [0.2, 0.25) is 0 Å². The van der Waals surface area contributed by atoms with Crippen molar-refractivity contribution in [3.8, 4) is 5.75 Å². The Morgan fingerprint density at radius 1 is 1.19 bits per heavy atom. The van der Waals surface area contributed by atoms with Gasteiger partial charge in [0.15, 0.2) is 0 Å². The smallest absolute Gasteiger partial charge is 0.259 e. The molecule has 2 N–H and O–H groups in total. The van der Waals surface area contributed by atoms with E-state index in [9.17, 15) is 4.79 Å². The Labute approximate surface area is 124 Å². The first-order valence-corrected chi connectivity index (χ1v) is 6.88. The fourth-order valence-electron chi connectivity index (χ4n) is 2.12. The molecule has 21 heavy (non-hydrogen) atoms. The fraction of sp³-hybridized carbons (Fsp3) is 0.235. The number of methoxy groups -OCH3 is 1. The molecule has 0 fully saturated rings. The van der Waals surface area contributed by atoms with Crippen LogP contribution in [0.15, 0.2) is 48.5 Å². The van der Waals surface area contributed by atoms with Crippen LogP contribution in [0, 0.1) is 0 Å². The standard InChI is InChI=1S/C17H19NO3/c1-21-16-10-3-2-9-15(16)17(20)18-14-8-4-6-13(12-14)7-5-11-19/h2-4,6,8-10,12,19H,5,7,11H2,1H3,(H,18,20). The van der Waals surface area contributed by atoms with Crippen LogP contribution in [0.4, 0.5) is 5.69 Å². The first kappa shape index (κ1) is 15.1. The van der Waals surface area contributed by atoms with Gasteiger partial charge in [0.05, 0.1) is 12.7 Å². The second kappa shape index (κ2) is 7.45. The highest BCUT2D eigenvalue weighted by atomic mass is 16.5. The Kier molecular flexibility index (Phi) is 5.35. The lowest BCUT2D eigenvalue weighted by molar-refractivity contribution is 0.102. The van der Waals surface area contributed by atoms with E-state index in [0.29, 0.717) is 17.7 Å². The first-order chi connectivity index (χ1) is 10.2. The van der Waals surface area contributed by atoms with Crippen LogP contribution in [0.5, 0.6) is 5.75 Å². The molecule has 0 radical (unpaired) electrons. The summed E-state index contributed by atoms with van der Waals surface area (Å²) in [6, 6.07) is 14.7. The number of para-hydroxylation sites is 1. The summed E-state index contributed by atoms with van der Waals surface area (Å²) in [5, 5.41) is 11.7. The molecular weight excluding hydrogens is 266 g/mol. The second-order valence-electron chi connectivity index (χ2n) is 4.68. The van der Waals surface area contributed by atoms with Gasteiger partial charge in [0, 0.05) is 12.3 Å². The van der Waals surface area contributed by atoms with Crippen molar-refractivity contribution >= 4 is 11.6 Å². The second-order valence-corrected chi connectivity index (χ2v) is 4.68. The van der Waals surface area contributed by atoms with E-state index in [4.69, 9.17) is 9.84 Å². The molecule has 0 aromatic heterocycles. The Morgan fingerprint density at radius 2 is 2.00 bits per heavy atom. The van der Waals surface area contributed by atoms with Crippen molar-refractivity contribution in [2.45, 2.75) is 12.8 Å². The maximum Gasteiger partial charge on any atom is 0.259 e. The summed E-state index contributed by atoms with van der Waals surface area (Å²) >= 11 is 0. The number of aliphatic hydroxyl groups is 1. The molecule has 0 spiro atoms. The molecule has 0 unspecified atom stereocenters. The number of aryl methyl sites for hydroxylation is 1. The normalized spacial score (nSPS) is 10.2. The molecule has 2 aromatic rings. The van der Waals surface area contributed by atoms with E-state index in [0.717, 1.165) is 17.7 Å². The monoisotopic (exact) mass is 285 g/mol. The van der Waals surface area contributed by atoms with E-state index in [1.54, 1.807) is 25.3 Å². The average Bonchev–Trinajstić information content (AvgIpc) is 2.53. The number of amides is 1. The molecule has 4 heteroatoms. The molecule has 2 rings (SSSR count). The number of benzene rings is 2. The number of aliphatic hydroxyl groups excluding tert-OH is 1. The van der Waals surface area contributed by atoms with E-state index in [1.165, 1.54) is 0 Å². The molecule has 0 aliphatic rings. The molecule has 4 nitrogen and oxygen atoms in total. The first-order valence-electron chi connectivity index (χ1n) is 6.88. The summed E-state index contributed by atoms with van der Waals surface area (Å²) < 4.78 is 5.19. The Balaban J connectivity index is 2.12. The van der Waals surface area contributed by atoms with Crippen molar-refractivity contribution in [3.63, 3.8) is 0 Å². The molecule has 0 saturated carbocycles. The van der Waals surface area contributed by atoms with E-state index >= 15 is 0 Å². The third-order valence-electron chi connectivity index (χ3n) is 3.16. The molecule has 0 bridgehead atoms. The van der Waals surface area contributed by atoms with Crippen LogP contribution in [-0.4, -0.2) is 24.7 Å². The van der Waals surface area contributed by atoms with E-state index < -0.39 is 0 Å². The van der Waals surface area contributed by atoms with Crippen molar-refractivity contribution in [1.29, 1.82) is 0 Å². The highest BCUT2D eigenvalue weighted by Gasteiger charge is 2.11. The SMILES string of the molecule is COc1ccccc1C(=O)Nc1cccc(CCCO)c1. The van der Waals surface area contributed by atoms with Crippen molar-refractivity contribution < 1.29 is 14.6 Å². The number of nitrogens with one attached hydrogen (secondary N) is 1. The van der Waals surface area contributed by atoms with Gasteiger partial charge in [0.25, 0.3) is 5.91 Å². The summed E-state index contributed by atoms with van der Waals surface area (Å²) in [5.41, 5.74) is 2.32. The van der Waals surface area contributed by atoms with Gasteiger partial charge < -0.3 is 15.2 Å². The predicted molar refractivity (Wildman–Crippen MR) is 82.8 cm³/mol. The number of carbonyl (C=O) groups excluding carboxylic acids is 1. The van der Waals surface area contributed by atoms with Gasteiger partial charge in [-0.15, -0.1) is 0 Å². The molecule has 2 aromatic carbocycles. The van der Waals surface area contributed by atoms with E-state index in [2.05, 4.69) is 5.32 Å². The lowest BCUT2D eigenvalue weighted by Gasteiger charge is -2.10. The Morgan fingerprint density at radius 3 is 2.76 bits per heavy atom. The molecule has 0 aliphatic carbocycles. The highest BCUT2D eigenvalue weighted by Crippen LogP contribution is 2.19. The predicted octanol–water partition coefficient (Wildman–Crippen LogP) is 2.87. The van der Waals surface area contributed by atoms with Crippen LogP contribution in [0.2, 0.25) is 0 Å². The largest absolute Gasteiger partial charge is 0.496 e. The van der Waals surface area contributed by atoms with Crippen molar-refractivity contribution in [2.24, 2.45) is 0 Å². The minimum absolute atomic E-state index is 0.164. The lowest BCUT2D eigenvalue weighted by Crippen LogP contribution is -2.13. The van der Waals surface area contributed by atoms with Gasteiger partial charge in [-0.2, -0.15) is 0 Å². The molecule has 0 heterocycles. The minimum atomic E-state index is -0.202. The van der Waals surface area contributed by atoms with Crippen LogP contribution in [0.25, 0.3) is 0 Å². The van der Waals surface area contributed by atoms with Gasteiger partial charge in [0.1, 0.15) is 5.75 Å². The van der Waals surface area contributed by atoms with Crippen LogP contribution in [0.3, 0.4) is 0 Å². The highest BCUT2D eigenvalue weighted by molar-refractivity contribution is 6.06. The van der Waals surface area contributed by atoms with Gasteiger partial charge in [-0.3, -0.25) is 4.79 Å². The summed E-state index contributed by atoms with van der Waals surface area (Å²) in [7, 11) is 1.54. The third kappa shape index (κ3) is 4.07. The molecular formula is C17H19NO3. The van der Waals surface area contributed by atoms with E-state index in [1.807, 2.05) is 30.3 Å². The number of hydrogen-bond donors (Lipinski definition) is 2. The van der Waals surface area contributed by atoms with Crippen LogP contribution in [-0.2, 0) is 6.42 Å². The molecule has 0 atom stereocenters. The number of hydrogen-bond acceptors (Lipinski definition) is 3. The van der Waals surface area contributed by atoms with Crippen LogP contribution >= 0.6 is 0 Å². The van der Waals surface area contributed by atoms with Crippen LogP contribution in [0.1, 0.15) is 22.3 Å². The summed E-state index contributed by atoms with van der Waals surface area (Å²) in [4.78, 5) is 12.3. The summed E-state index contributed by atoms with van der Waals surface area (Å²) in [6.07, 6.45) is 1.50. The van der Waals surface area contributed by atoms with Crippen molar-refractivity contribution in [3.05, 3.63) is 59.7 Å². The Bertz CT molecular complexity index is 610. The topological polar surface area (TPSA) is 58.6 Å². The lowest BCUT2D eigenvalue weighted by atomic mass is 10.1. The van der Waals surface area contributed by atoms with Gasteiger partial charge in [-0.1, -0.05) is 24.3 Å². The fourth-order valence-corrected chi connectivity index (χ4v) is 2.12. The van der Waals surface area contributed by atoms with Gasteiger partial charge in [-0.05, 0) is 42.7 Å². The molecule has 0 saturated heterocycles. The zero-order chi connectivity index (χ0) is 15.1. The zero-order valence-electron chi connectivity index (χ0n) is 12.0. The van der Waals surface area contributed by atoms with Crippen molar-refractivity contribution in [2.75, 3.05) is 19.0 Å². The zero-order valence-corrected chi connectivity index (χ0v) is 12.0. The van der Waals surface area contributed by atoms with Gasteiger partial charge >= 0.3 is 0 Å². The number of carbonyl (C=O) groups is 1. The number of anilines is 1. The van der Waals surface area contributed by atoms with Crippen molar-refractivity contribution in [1.82, 2.24) is 0 Å². The Hall–Kier alpha value is -2.33. The van der Waals surface area contributed by atoms with E-state index in [-0.39, 0.29) is 12.5 Å². The number of ether oxygens (including phenoxy) is 1. The summed E-state index contributed by atoms with van der Waals surface area (Å²) in [6.45, 7) is 0.164. The molecule has 1 amide bonds. The maximum atomic E-state index is 12.3. The maximum absolute atomic E-state index is 12.3. The molecule has 110 valence electrons. The van der Waals surface area contributed by atoms with Gasteiger partial charge in [-0.25, -0.2) is 0 Å².